The van der Waals surface area contributed by atoms with Crippen molar-refractivity contribution in [3.05, 3.63) is 46.1 Å². The highest BCUT2D eigenvalue weighted by molar-refractivity contribution is 5.44. The number of H-pyrrole nitrogens is 1. The maximum atomic E-state index is 11.1. The Bertz CT molecular complexity index is 524. The lowest BCUT2D eigenvalue weighted by atomic mass is 10.2. The highest BCUT2D eigenvalue weighted by atomic mass is 16.1. The molecule has 0 saturated heterocycles. The van der Waals surface area contributed by atoms with Gasteiger partial charge in [-0.3, -0.25) is 4.98 Å². The van der Waals surface area contributed by atoms with Crippen LogP contribution in [0.4, 0.5) is 5.69 Å². The zero-order chi connectivity index (χ0) is 11.5. The average Bonchev–Trinajstić information content (AvgIpc) is 2.58. The van der Waals surface area contributed by atoms with Crippen LogP contribution in [0.3, 0.4) is 0 Å². The predicted molar refractivity (Wildman–Crippen MR) is 62.3 cm³/mol. The van der Waals surface area contributed by atoms with Crippen molar-refractivity contribution in [2.45, 2.75) is 13.5 Å². The lowest BCUT2D eigenvalue weighted by Crippen LogP contribution is -2.13. The molecule has 0 bridgehead atoms. The van der Waals surface area contributed by atoms with Gasteiger partial charge in [0.1, 0.15) is 5.82 Å². The SMILES string of the molecule is Cc1ccc(NCc2nn(C)c(=O)[nH]2)cc1. The summed E-state index contributed by atoms with van der Waals surface area (Å²) in [5.74, 6) is 0.632. The fourth-order valence-corrected chi connectivity index (χ4v) is 1.39. The second-order valence-electron chi connectivity index (χ2n) is 3.72. The number of nitrogens with zero attached hydrogens (tertiary/aromatic N) is 2. The van der Waals surface area contributed by atoms with Gasteiger partial charge in [0.05, 0.1) is 6.54 Å². The van der Waals surface area contributed by atoms with Crippen molar-refractivity contribution >= 4 is 5.69 Å². The van der Waals surface area contributed by atoms with Gasteiger partial charge in [-0.25, -0.2) is 9.48 Å². The Balaban J connectivity index is 2.02. The number of hydrogen-bond acceptors (Lipinski definition) is 3. The molecular formula is C11H14N4O. The smallest absolute Gasteiger partial charge is 0.343 e. The average molecular weight is 218 g/mol. The topological polar surface area (TPSA) is 62.7 Å². The summed E-state index contributed by atoms with van der Waals surface area (Å²) in [7, 11) is 1.62. The summed E-state index contributed by atoms with van der Waals surface area (Å²) in [4.78, 5) is 13.8. The molecule has 0 aliphatic heterocycles. The number of nitrogens with one attached hydrogen (secondary N) is 2. The number of benzene rings is 1. The van der Waals surface area contributed by atoms with Crippen LogP contribution in [0.25, 0.3) is 0 Å². The van der Waals surface area contributed by atoms with Crippen molar-refractivity contribution in [1.29, 1.82) is 0 Å². The number of aryl methyl sites for hydroxylation is 2. The monoisotopic (exact) mass is 218 g/mol. The molecule has 0 saturated carbocycles. The van der Waals surface area contributed by atoms with Crippen molar-refractivity contribution in [2.24, 2.45) is 7.05 Å². The third kappa shape index (κ3) is 2.31. The lowest BCUT2D eigenvalue weighted by Gasteiger charge is -2.03. The van der Waals surface area contributed by atoms with E-state index in [0.717, 1.165) is 5.69 Å². The first-order valence-corrected chi connectivity index (χ1v) is 5.08. The van der Waals surface area contributed by atoms with Gasteiger partial charge in [0, 0.05) is 12.7 Å². The van der Waals surface area contributed by atoms with Gasteiger partial charge in [-0.15, -0.1) is 0 Å². The van der Waals surface area contributed by atoms with Gasteiger partial charge in [0.15, 0.2) is 0 Å². The molecule has 84 valence electrons. The highest BCUT2D eigenvalue weighted by Gasteiger charge is 2.00. The molecule has 5 heteroatoms. The summed E-state index contributed by atoms with van der Waals surface area (Å²) in [6.45, 7) is 2.55. The Labute approximate surface area is 93.1 Å². The third-order valence-electron chi connectivity index (χ3n) is 2.33. The van der Waals surface area contributed by atoms with Crippen molar-refractivity contribution in [3.63, 3.8) is 0 Å². The van der Waals surface area contributed by atoms with E-state index in [9.17, 15) is 4.79 Å². The summed E-state index contributed by atoms with van der Waals surface area (Å²) in [6.07, 6.45) is 0. The molecular weight excluding hydrogens is 204 g/mol. The van der Waals surface area contributed by atoms with Gasteiger partial charge < -0.3 is 5.32 Å². The molecule has 0 aliphatic carbocycles. The van der Waals surface area contributed by atoms with Crippen molar-refractivity contribution < 1.29 is 0 Å². The molecule has 1 heterocycles. The minimum Gasteiger partial charge on any atom is -0.378 e. The molecule has 0 radical (unpaired) electrons. The van der Waals surface area contributed by atoms with Crippen LogP contribution < -0.4 is 11.0 Å². The number of rotatable bonds is 3. The van der Waals surface area contributed by atoms with Gasteiger partial charge in [0.25, 0.3) is 0 Å². The van der Waals surface area contributed by atoms with Crippen LogP contribution in [0.15, 0.2) is 29.1 Å². The fourth-order valence-electron chi connectivity index (χ4n) is 1.39. The standard InChI is InChI=1S/C11H14N4O/c1-8-3-5-9(6-4-8)12-7-10-13-11(16)15(2)14-10/h3-6,12H,7H2,1-2H3,(H,13,14,16). The normalized spacial score (nSPS) is 10.4. The zero-order valence-corrected chi connectivity index (χ0v) is 9.32. The van der Waals surface area contributed by atoms with Gasteiger partial charge in [-0.05, 0) is 19.1 Å². The Morgan fingerprint density at radius 2 is 2.06 bits per heavy atom. The second-order valence-corrected chi connectivity index (χ2v) is 3.72. The first-order valence-electron chi connectivity index (χ1n) is 5.08. The summed E-state index contributed by atoms with van der Waals surface area (Å²) in [5.41, 5.74) is 2.04. The van der Waals surface area contributed by atoms with Crippen LogP contribution >= 0.6 is 0 Å². The molecule has 0 fully saturated rings. The summed E-state index contributed by atoms with van der Waals surface area (Å²) < 4.78 is 1.28. The van der Waals surface area contributed by atoms with E-state index in [1.165, 1.54) is 10.2 Å². The van der Waals surface area contributed by atoms with Crippen molar-refractivity contribution in [2.75, 3.05) is 5.32 Å². The zero-order valence-electron chi connectivity index (χ0n) is 9.32. The van der Waals surface area contributed by atoms with Crippen molar-refractivity contribution in [1.82, 2.24) is 14.8 Å². The van der Waals surface area contributed by atoms with Crippen molar-refractivity contribution in [3.8, 4) is 0 Å². The van der Waals surface area contributed by atoms with Gasteiger partial charge in [-0.1, -0.05) is 17.7 Å². The first kappa shape index (κ1) is 10.5. The molecule has 16 heavy (non-hydrogen) atoms. The number of anilines is 1. The predicted octanol–water partition coefficient (Wildman–Crippen LogP) is 1.03. The van der Waals surface area contributed by atoms with Gasteiger partial charge in [0.2, 0.25) is 0 Å². The third-order valence-corrected chi connectivity index (χ3v) is 2.33. The molecule has 0 unspecified atom stereocenters. The molecule has 0 amide bonds. The molecule has 1 aromatic heterocycles. The Morgan fingerprint density at radius 3 is 2.62 bits per heavy atom. The van der Waals surface area contributed by atoms with Crippen LogP contribution in [0.2, 0.25) is 0 Å². The lowest BCUT2D eigenvalue weighted by molar-refractivity contribution is 0.722. The molecule has 0 spiro atoms. The fraction of sp³-hybridized carbons (Fsp3) is 0.273. The quantitative estimate of drug-likeness (QED) is 0.808. The van der Waals surface area contributed by atoms with Crippen LogP contribution in [0.1, 0.15) is 11.4 Å². The molecule has 2 rings (SSSR count). The number of aromatic nitrogens is 3. The summed E-state index contributed by atoms with van der Waals surface area (Å²) in [5, 5.41) is 7.21. The largest absolute Gasteiger partial charge is 0.378 e. The van der Waals surface area contributed by atoms with Gasteiger partial charge >= 0.3 is 5.69 Å². The minimum absolute atomic E-state index is 0.194. The summed E-state index contributed by atoms with van der Waals surface area (Å²) in [6, 6.07) is 8.06. The maximum Gasteiger partial charge on any atom is 0.343 e. The molecule has 5 nitrogen and oxygen atoms in total. The molecule has 1 aromatic carbocycles. The van der Waals surface area contributed by atoms with E-state index in [1.54, 1.807) is 7.05 Å². The Hall–Kier alpha value is -2.04. The van der Waals surface area contributed by atoms with E-state index < -0.39 is 0 Å². The van der Waals surface area contributed by atoms with Crippen LogP contribution in [-0.2, 0) is 13.6 Å². The number of aromatic amines is 1. The van der Waals surface area contributed by atoms with E-state index in [1.807, 2.05) is 31.2 Å². The molecule has 2 N–H and O–H groups in total. The molecule has 0 atom stereocenters. The van der Waals surface area contributed by atoms with E-state index in [-0.39, 0.29) is 5.69 Å². The maximum absolute atomic E-state index is 11.1. The highest BCUT2D eigenvalue weighted by Crippen LogP contribution is 2.08. The summed E-state index contributed by atoms with van der Waals surface area (Å²) >= 11 is 0. The van der Waals surface area contributed by atoms with Crippen LogP contribution in [-0.4, -0.2) is 14.8 Å². The number of hydrogen-bond donors (Lipinski definition) is 2. The molecule has 2 aromatic rings. The van der Waals surface area contributed by atoms with E-state index in [4.69, 9.17) is 0 Å². The second kappa shape index (κ2) is 4.22. The van der Waals surface area contributed by atoms with Crippen LogP contribution in [0, 0.1) is 6.92 Å². The first-order chi connectivity index (χ1) is 7.65. The minimum atomic E-state index is -0.194. The molecule has 0 aliphatic rings. The Kier molecular flexibility index (Phi) is 2.76. The van der Waals surface area contributed by atoms with Gasteiger partial charge in [-0.2, -0.15) is 5.10 Å². The van der Waals surface area contributed by atoms with E-state index in [2.05, 4.69) is 15.4 Å². The van der Waals surface area contributed by atoms with E-state index >= 15 is 0 Å². The Morgan fingerprint density at radius 1 is 1.38 bits per heavy atom. The van der Waals surface area contributed by atoms with E-state index in [0.29, 0.717) is 12.4 Å². The van der Waals surface area contributed by atoms with Crippen LogP contribution in [0.5, 0.6) is 0 Å².